The van der Waals surface area contributed by atoms with Crippen LogP contribution in [0.4, 0.5) is 5.69 Å². The van der Waals surface area contributed by atoms with Crippen molar-refractivity contribution in [2.45, 2.75) is 117 Å². The fourth-order valence-corrected chi connectivity index (χ4v) is 7.55. The summed E-state index contributed by atoms with van der Waals surface area (Å²) < 4.78 is 77.6. The number of carbonyl (C=O) groups is 10. The maximum Gasteiger partial charge on any atom is 0.303 e. The van der Waals surface area contributed by atoms with Crippen LogP contribution in [0.1, 0.15) is 76.1 Å². The fraction of sp³-hybridized carbons (Fsp3) is 0.667. The molecule has 2 unspecified atom stereocenters. The van der Waals surface area contributed by atoms with Gasteiger partial charge in [-0.1, -0.05) is 0 Å². The third-order valence-corrected chi connectivity index (χ3v) is 10.4. The van der Waals surface area contributed by atoms with Crippen LogP contribution in [0.3, 0.4) is 0 Å². The third-order valence-electron chi connectivity index (χ3n) is 10.4. The van der Waals surface area contributed by atoms with Crippen LogP contribution in [0, 0.1) is 0 Å². The molecule has 0 aromatic heterocycles. The van der Waals surface area contributed by atoms with Crippen LogP contribution in [-0.2, 0) is 105 Å². The molecule has 432 valence electrons. The molecule has 3 rings (SSSR count). The molecule has 6 N–H and O–H groups in total. The number of nitrogen functional groups attached to an aromatic ring is 1. The van der Waals surface area contributed by atoms with E-state index in [9.17, 15) is 47.9 Å². The molecular weight excluding hydrogens is 1030 g/mol. The lowest BCUT2D eigenvalue weighted by Crippen LogP contribution is -2.66. The predicted molar refractivity (Wildman–Crippen MR) is 259 cm³/mol. The molecule has 2 aliphatic rings. The molecule has 2 saturated heterocycles. The van der Waals surface area contributed by atoms with E-state index in [-0.39, 0.29) is 109 Å². The maximum absolute atomic E-state index is 12.9. The van der Waals surface area contributed by atoms with Gasteiger partial charge in [-0.2, -0.15) is 0 Å². The fourth-order valence-electron chi connectivity index (χ4n) is 7.55. The normalized spacial score (nSPS) is 22.8. The average molecular weight is 1100 g/mol. The first-order valence-electron chi connectivity index (χ1n) is 24.4. The number of benzene rings is 1. The van der Waals surface area contributed by atoms with Gasteiger partial charge in [0.25, 0.3) is 11.8 Å². The highest BCUT2D eigenvalue weighted by atomic mass is 16.7. The van der Waals surface area contributed by atoms with Crippen LogP contribution >= 0.6 is 0 Å². The monoisotopic (exact) mass is 1100 g/mol. The van der Waals surface area contributed by atoms with Gasteiger partial charge < -0.3 is 93.3 Å². The Bertz CT molecular complexity index is 2010. The molecule has 0 spiro atoms. The van der Waals surface area contributed by atoms with Gasteiger partial charge in [-0.15, -0.1) is 0 Å². The first-order valence-corrected chi connectivity index (χ1v) is 24.4. The third kappa shape index (κ3) is 24.5. The van der Waals surface area contributed by atoms with E-state index in [4.69, 9.17) is 72.0 Å². The van der Waals surface area contributed by atoms with Crippen LogP contribution in [0.25, 0.3) is 0 Å². The van der Waals surface area contributed by atoms with Crippen molar-refractivity contribution in [3.63, 3.8) is 0 Å². The van der Waals surface area contributed by atoms with Crippen LogP contribution in [0.15, 0.2) is 18.2 Å². The number of rotatable bonds is 32. The van der Waals surface area contributed by atoms with Crippen molar-refractivity contribution in [2.24, 2.45) is 0 Å². The molecule has 10 atom stereocenters. The number of hydrogen-bond donors (Lipinski definition) is 5. The quantitative estimate of drug-likeness (QED) is 0.0229. The van der Waals surface area contributed by atoms with Gasteiger partial charge in [0.15, 0.2) is 37.0 Å². The smallest absolute Gasteiger partial charge is 0.303 e. The minimum Gasteiger partial charge on any atom is -0.463 e. The summed E-state index contributed by atoms with van der Waals surface area (Å²) in [6.07, 6.45) is -9.81. The van der Waals surface area contributed by atoms with Gasteiger partial charge in [-0.05, 0) is 18.2 Å². The van der Waals surface area contributed by atoms with E-state index in [1.54, 1.807) is 0 Å². The van der Waals surface area contributed by atoms with Gasteiger partial charge in [0, 0.05) is 85.3 Å². The molecule has 4 amide bonds. The number of nitrogens with one attached hydrogen (secondary N) is 4. The number of amides is 4. The van der Waals surface area contributed by atoms with E-state index in [0.29, 0.717) is 0 Å². The lowest BCUT2D eigenvalue weighted by molar-refractivity contribution is -0.279. The summed E-state index contributed by atoms with van der Waals surface area (Å²) in [5.41, 5.74) is 6.45. The molecule has 0 bridgehead atoms. The second-order valence-corrected chi connectivity index (χ2v) is 17.0. The largest absolute Gasteiger partial charge is 0.463 e. The van der Waals surface area contributed by atoms with Crippen LogP contribution in [0.2, 0.25) is 0 Å². The number of hydrogen-bond acceptors (Lipinski definition) is 25. The van der Waals surface area contributed by atoms with Crippen molar-refractivity contribution in [1.29, 1.82) is 0 Å². The number of anilines is 1. The first kappa shape index (κ1) is 64.7. The van der Waals surface area contributed by atoms with Gasteiger partial charge in [-0.3, -0.25) is 47.9 Å². The number of carbonyl (C=O) groups excluding carboxylic acids is 10. The minimum absolute atomic E-state index is 0.0257. The second kappa shape index (κ2) is 34.2. The average Bonchev–Trinajstić information content (AvgIpc) is 3.34. The summed E-state index contributed by atoms with van der Waals surface area (Å²) in [7, 11) is 0. The highest BCUT2D eigenvalue weighted by Gasteiger charge is 2.52. The summed E-state index contributed by atoms with van der Waals surface area (Å²) in [5.74, 6) is -6.32. The molecule has 2 heterocycles. The molecular formula is C48H71N5O24. The standard InChI is InChI=1S/C48H71N5O24/c1-26(54)52-39-43(74-32(7)60)41(72-30(5)58)37(24-70-28(3)56)76-47(39)68-19-17-66-15-13-64-11-9-50-45(62)34-21-35(23-36(49)22-34)46(63)51-10-12-65-14-16-67-18-20-69-48-40(53-27(2)55)44(75-33(8)61)42(73-31(6)59)38(77-48)25-71-29(4)57/h21-23,37-44,47-48H,9-20,24-25,49H2,1-8H3,(H,50,62)(H,51,63)(H,52,54)(H,53,55)/t37-,38-,39-,40-,41+,42+,43-,44-,47?,48?/m1/s1. The second-order valence-electron chi connectivity index (χ2n) is 17.0. The molecule has 0 aliphatic carbocycles. The lowest BCUT2D eigenvalue weighted by Gasteiger charge is -2.44. The summed E-state index contributed by atoms with van der Waals surface area (Å²) in [6.45, 7) is 9.37. The van der Waals surface area contributed by atoms with Crippen LogP contribution in [0.5, 0.6) is 0 Å². The summed E-state index contributed by atoms with van der Waals surface area (Å²) in [4.78, 5) is 121. The molecule has 29 heteroatoms. The Balaban J connectivity index is 1.35. The van der Waals surface area contributed by atoms with Crippen molar-refractivity contribution < 1.29 is 114 Å². The van der Waals surface area contributed by atoms with Crippen molar-refractivity contribution in [1.82, 2.24) is 21.3 Å². The van der Waals surface area contributed by atoms with E-state index >= 15 is 0 Å². The molecule has 2 aliphatic heterocycles. The number of ether oxygens (including phenoxy) is 14. The van der Waals surface area contributed by atoms with E-state index in [2.05, 4.69) is 21.3 Å². The minimum atomic E-state index is -1.27. The first-order chi connectivity index (χ1) is 36.6. The Morgan fingerprint density at radius 1 is 0.442 bits per heavy atom. The number of esters is 6. The zero-order chi connectivity index (χ0) is 57.0. The van der Waals surface area contributed by atoms with E-state index in [1.165, 1.54) is 45.9 Å². The van der Waals surface area contributed by atoms with Crippen molar-refractivity contribution >= 4 is 65.1 Å². The van der Waals surface area contributed by atoms with Crippen molar-refractivity contribution in [3.05, 3.63) is 29.3 Å². The molecule has 77 heavy (non-hydrogen) atoms. The summed E-state index contributed by atoms with van der Waals surface area (Å²) in [5, 5.41) is 10.6. The molecule has 2 fully saturated rings. The van der Waals surface area contributed by atoms with Gasteiger partial charge >= 0.3 is 35.8 Å². The number of nitrogens with two attached hydrogens (primary N) is 1. The zero-order valence-corrected chi connectivity index (χ0v) is 44.3. The SMILES string of the molecule is CC(=O)N[C@H]1C(OCCOCCOCCNC(=O)c2cc(N)cc(C(=O)NCCOCCOCCOC3O[C@H](COC(C)=O)[C@H](OC(C)=O)[C@H](OC(C)=O)[C@H]3NC(C)=O)c2)O[C@H](COC(C)=O)[C@H](OC(C)=O)[C@@H]1OC(C)=O. The van der Waals surface area contributed by atoms with Crippen LogP contribution in [-0.4, -0.2) is 213 Å². The Kier molecular flexibility index (Phi) is 28.8. The van der Waals surface area contributed by atoms with Gasteiger partial charge in [0.05, 0.1) is 66.1 Å². The topological polar surface area (TPSA) is 374 Å². The van der Waals surface area contributed by atoms with Crippen molar-refractivity contribution in [3.8, 4) is 0 Å². The summed E-state index contributed by atoms with van der Waals surface area (Å²) in [6, 6.07) is 1.95. The lowest BCUT2D eigenvalue weighted by atomic mass is 9.96. The van der Waals surface area contributed by atoms with Crippen molar-refractivity contribution in [2.75, 3.05) is 98.1 Å². The molecule has 29 nitrogen and oxygen atoms in total. The van der Waals surface area contributed by atoms with Gasteiger partial charge in [0.1, 0.15) is 37.5 Å². The Hall–Kier alpha value is -6.60. The Morgan fingerprint density at radius 2 is 0.766 bits per heavy atom. The molecule has 0 radical (unpaired) electrons. The van der Waals surface area contributed by atoms with Gasteiger partial charge in [0.2, 0.25) is 11.8 Å². The molecule has 0 saturated carbocycles. The Labute approximate surface area is 443 Å². The highest BCUT2D eigenvalue weighted by Crippen LogP contribution is 2.29. The molecule has 1 aromatic rings. The highest BCUT2D eigenvalue weighted by molar-refractivity contribution is 6.01. The Morgan fingerprint density at radius 3 is 1.09 bits per heavy atom. The summed E-state index contributed by atoms with van der Waals surface area (Å²) >= 11 is 0. The molecule has 1 aromatic carbocycles. The van der Waals surface area contributed by atoms with Gasteiger partial charge in [-0.25, -0.2) is 0 Å². The van der Waals surface area contributed by atoms with E-state index < -0.39 is 121 Å². The van der Waals surface area contributed by atoms with E-state index in [1.807, 2.05) is 0 Å². The zero-order valence-electron chi connectivity index (χ0n) is 44.3. The van der Waals surface area contributed by atoms with E-state index in [0.717, 1.165) is 27.7 Å². The van der Waals surface area contributed by atoms with Crippen LogP contribution < -0.4 is 27.0 Å². The maximum atomic E-state index is 12.9. The predicted octanol–water partition coefficient (Wildman–Crippen LogP) is -1.86.